The molecule has 1 N–H and O–H groups in total. The van der Waals surface area contributed by atoms with Crippen molar-refractivity contribution in [2.75, 3.05) is 11.9 Å². The van der Waals surface area contributed by atoms with Crippen molar-refractivity contribution in [3.63, 3.8) is 0 Å². The lowest BCUT2D eigenvalue weighted by Crippen LogP contribution is -2.13. The molecule has 4 aromatic rings. The first-order valence-electron chi connectivity index (χ1n) is 9.22. The van der Waals surface area contributed by atoms with Gasteiger partial charge in [0.25, 0.3) is 0 Å². The molecule has 0 unspecified atom stereocenters. The molecule has 0 amide bonds. The normalized spacial score (nSPS) is 10.9. The fourth-order valence-electron chi connectivity index (χ4n) is 3.22. The number of rotatable bonds is 7. The minimum Gasteiger partial charge on any atom is -0.492 e. The van der Waals surface area contributed by atoms with E-state index in [9.17, 15) is 0 Å². The topological polar surface area (TPSA) is 39.1 Å². The summed E-state index contributed by atoms with van der Waals surface area (Å²) in [6.45, 7) is 4.12. The Bertz CT molecular complexity index is 1020. The van der Waals surface area contributed by atoms with Crippen LogP contribution in [-0.4, -0.2) is 16.2 Å². The van der Waals surface area contributed by atoms with E-state index in [1.165, 1.54) is 5.56 Å². The summed E-state index contributed by atoms with van der Waals surface area (Å²) in [5.74, 6) is 1.90. The van der Waals surface area contributed by atoms with Crippen molar-refractivity contribution in [3.05, 3.63) is 90.3 Å². The van der Waals surface area contributed by atoms with Gasteiger partial charge in [0.2, 0.25) is 0 Å². The van der Waals surface area contributed by atoms with E-state index >= 15 is 0 Å². The van der Waals surface area contributed by atoms with Crippen LogP contribution in [0.2, 0.25) is 0 Å². The number of hydrogen-bond acceptors (Lipinski definition) is 3. The maximum Gasteiger partial charge on any atom is 0.129 e. The summed E-state index contributed by atoms with van der Waals surface area (Å²) < 4.78 is 8.13. The second kappa shape index (κ2) is 7.96. The zero-order valence-corrected chi connectivity index (χ0v) is 15.4. The van der Waals surface area contributed by atoms with E-state index in [0.717, 1.165) is 34.8 Å². The number of nitrogens with one attached hydrogen (secondary N) is 1. The van der Waals surface area contributed by atoms with Gasteiger partial charge >= 0.3 is 0 Å². The van der Waals surface area contributed by atoms with Gasteiger partial charge in [0.05, 0.1) is 24.1 Å². The van der Waals surface area contributed by atoms with Crippen LogP contribution in [-0.2, 0) is 13.1 Å². The van der Waals surface area contributed by atoms with Crippen LogP contribution in [0.1, 0.15) is 11.4 Å². The molecule has 27 heavy (non-hydrogen) atoms. The highest BCUT2D eigenvalue weighted by atomic mass is 16.5. The molecule has 0 saturated heterocycles. The maximum absolute atomic E-state index is 5.89. The van der Waals surface area contributed by atoms with E-state index in [-0.39, 0.29) is 0 Å². The third kappa shape index (κ3) is 4.11. The number of ether oxygens (including phenoxy) is 1. The Morgan fingerprint density at radius 3 is 2.59 bits per heavy atom. The quantitative estimate of drug-likeness (QED) is 0.504. The molecule has 0 fully saturated rings. The average Bonchev–Trinajstić information content (AvgIpc) is 3.05. The standard InChI is InChI=1S/C23H23N3O/c1-18-8-7-9-19(16-18)24-17-23-25-21-12-5-6-13-22(21)26(23)14-15-27-20-10-3-2-4-11-20/h2-13,16,24H,14-15,17H2,1H3. The molecule has 1 heterocycles. The second-order valence-corrected chi connectivity index (χ2v) is 6.55. The predicted octanol–water partition coefficient (Wildman–Crippen LogP) is 5.04. The number of benzene rings is 3. The first kappa shape index (κ1) is 17.2. The summed E-state index contributed by atoms with van der Waals surface area (Å²) in [6.07, 6.45) is 0. The number of imidazole rings is 1. The Morgan fingerprint density at radius 1 is 0.926 bits per heavy atom. The molecular weight excluding hydrogens is 334 g/mol. The Balaban J connectivity index is 1.51. The van der Waals surface area contributed by atoms with Crippen LogP contribution < -0.4 is 10.1 Å². The summed E-state index contributed by atoms with van der Waals surface area (Å²) in [5.41, 5.74) is 4.49. The van der Waals surface area contributed by atoms with Crippen molar-refractivity contribution >= 4 is 16.7 Å². The highest BCUT2D eigenvalue weighted by Gasteiger charge is 2.10. The molecule has 0 saturated carbocycles. The monoisotopic (exact) mass is 357 g/mol. The first-order valence-corrected chi connectivity index (χ1v) is 9.22. The van der Waals surface area contributed by atoms with Crippen molar-refractivity contribution in [2.24, 2.45) is 0 Å². The van der Waals surface area contributed by atoms with Gasteiger partial charge in [-0.05, 0) is 48.9 Å². The lowest BCUT2D eigenvalue weighted by Gasteiger charge is -2.12. The number of anilines is 1. The van der Waals surface area contributed by atoms with Crippen LogP contribution in [0, 0.1) is 6.92 Å². The molecule has 3 aromatic carbocycles. The highest BCUT2D eigenvalue weighted by Crippen LogP contribution is 2.18. The van der Waals surface area contributed by atoms with Gasteiger partial charge in [-0.1, -0.05) is 42.5 Å². The van der Waals surface area contributed by atoms with E-state index < -0.39 is 0 Å². The van der Waals surface area contributed by atoms with Crippen molar-refractivity contribution < 1.29 is 4.74 Å². The lowest BCUT2D eigenvalue weighted by molar-refractivity contribution is 0.298. The largest absolute Gasteiger partial charge is 0.492 e. The average molecular weight is 357 g/mol. The number of nitrogens with zero attached hydrogens (tertiary/aromatic N) is 2. The fraction of sp³-hybridized carbons (Fsp3) is 0.174. The third-order valence-corrected chi connectivity index (χ3v) is 4.53. The van der Waals surface area contributed by atoms with E-state index in [1.54, 1.807) is 0 Å². The highest BCUT2D eigenvalue weighted by molar-refractivity contribution is 5.76. The van der Waals surface area contributed by atoms with Crippen LogP contribution in [0.25, 0.3) is 11.0 Å². The molecule has 0 spiro atoms. The molecular formula is C23H23N3O. The molecule has 0 aliphatic carbocycles. The van der Waals surface area contributed by atoms with Crippen molar-refractivity contribution in [1.82, 2.24) is 9.55 Å². The summed E-state index contributed by atoms with van der Waals surface area (Å²) in [6, 6.07) is 26.6. The van der Waals surface area contributed by atoms with E-state index in [4.69, 9.17) is 9.72 Å². The van der Waals surface area contributed by atoms with Gasteiger partial charge < -0.3 is 14.6 Å². The predicted molar refractivity (Wildman–Crippen MR) is 110 cm³/mol. The zero-order valence-electron chi connectivity index (χ0n) is 15.4. The van der Waals surface area contributed by atoms with Gasteiger partial charge in [-0.3, -0.25) is 0 Å². The van der Waals surface area contributed by atoms with Crippen molar-refractivity contribution in [3.8, 4) is 5.75 Å². The summed E-state index contributed by atoms with van der Waals surface area (Å²) in [5, 5.41) is 3.49. The van der Waals surface area contributed by atoms with Crippen molar-refractivity contribution in [1.29, 1.82) is 0 Å². The number of aromatic nitrogens is 2. The Labute approximate surface area is 159 Å². The van der Waals surface area contributed by atoms with Gasteiger partial charge in [0.15, 0.2) is 0 Å². The summed E-state index contributed by atoms with van der Waals surface area (Å²) in [7, 11) is 0. The maximum atomic E-state index is 5.89. The van der Waals surface area contributed by atoms with Crippen LogP contribution in [0.4, 0.5) is 5.69 Å². The molecule has 136 valence electrons. The molecule has 0 atom stereocenters. The van der Waals surface area contributed by atoms with Gasteiger partial charge in [0.1, 0.15) is 18.2 Å². The van der Waals surface area contributed by atoms with Gasteiger partial charge in [0, 0.05) is 5.69 Å². The van der Waals surface area contributed by atoms with Gasteiger partial charge in [-0.15, -0.1) is 0 Å². The molecule has 4 rings (SSSR count). The Hall–Kier alpha value is -3.27. The second-order valence-electron chi connectivity index (χ2n) is 6.55. The third-order valence-electron chi connectivity index (χ3n) is 4.53. The molecule has 0 radical (unpaired) electrons. The number of aryl methyl sites for hydroxylation is 1. The van der Waals surface area contributed by atoms with Crippen LogP contribution in [0.5, 0.6) is 5.75 Å². The summed E-state index contributed by atoms with van der Waals surface area (Å²) >= 11 is 0. The van der Waals surface area contributed by atoms with Crippen LogP contribution in [0.15, 0.2) is 78.9 Å². The lowest BCUT2D eigenvalue weighted by atomic mass is 10.2. The SMILES string of the molecule is Cc1cccc(NCc2nc3ccccc3n2CCOc2ccccc2)c1. The molecule has 0 bridgehead atoms. The van der Waals surface area contributed by atoms with Crippen LogP contribution in [0.3, 0.4) is 0 Å². The molecule has 4 heteroatoms. The number of fused-ring (bicyclic) bond motifs is 1. The van der Waals surface area contributed by atoms with Gasteiger partial charge in [-0.25, -0.2) is 4.98 Å². The number of hydrogen-bond donors (Lipinski definition) is 1. The summed E-state index contributed by atoms with van der Waals surface area (Å²) in [4.78, 5) is 4.82. The first-order chi connectivity index (χ1) is 13.3. The zero-order chi connectivity index (χ0) is 18.5. The number of para-hydroxylation sites is 3. The fourth-order valence-corrected chi connectivity index (χ4v) is 3.22. The smallest absolute Gasteiger partial charge is 0.129 e. The minimum absolute atomic E-state index is 0.599. The Morgan fingerprint density at radius 2 is 1.74 bits per heavy atom. The van der Waals surface area contributed by atoms with Crippen molar-refractivity contribution in [2.45, 2.75) is 20.0 Å². The van der Waals surface area contributed by atoms with Crippen LogP contribution >= 0.6 is 0 Å². The minimum atomic E-state index is 0.599. The molecule has 4 nitrogen and oxygen atoms in total. The Kier molecular flexibility index (Phi) is 5.06. The van der Waals surface area contributed by atoms with Gasteiger partial charge in [-0.2, -0.15) is 0 Å². The molecule has 1 aromatic heterocycles. The van der Waals surface area contributed by atoms with E-state index in [0.29, 0.717) is 13.2 Å². The molecule has 0 aliphatic rings. The van der Waals surface area contributed by atoms with E-state index in [2.05, 4.69) is 59.3 Å². The van der Waals surface area contributed by atoms with E-state index in [1.807, 2.05) is 36.4 Å². The molecule has 0 aliphatic heterocycles.